The van der Waals surface area contributed by atoms with E-state index in [2.05, 4.69) is 24.0 Å². The van der Waals surface area contributed by atoms with Gasteiger partial charge in [0.25, 0.3) is 0 Å². The number of nitrogens with zero attached hydrogens (tertiary/aromatic N) is 2. The number of rotatable bonds is 1. The van der Waals surface area contributed by atoms with Crippen molar-refractivity contribution in [3.05, 3.63) is 29.3 Å². The van der Waals surface area contributed by atoms with Crippen LogP contribution in [0.4, 0.5) is 5.69 Å². The summed E-state index contributed by atoms with van der Waals surface area (Å²) < 4.78 is 0. The summed E-state index contributed by atoms with van der Waals surface area (Å²) in [6.45, 7) is 2.09. The van der Waals surface area contributed by atoms with Gasteiger partial charge in [-0.2, -0.15) is 5.26 Å². The van der Waals surface area contributed by atoms with Gasteiger partial charge in [0.2, 0.25) is 0 Å². The van der Waals surface area contributed by atoms with E-state index in [-0.39, 0.29) is 0 Å². The Kier molecular flexibility index (Phi) is 2.76. The molecule has 2 saturated heterocycles. The van der Waals surface area contributed by atoms with Crippen molar-refractivity contribution >= 4 is 5.69 Å². The van der Waals surface area contributed by atoms with Gasteiger partial charge in [0.15, 0.2) is 0 Å². The SMILES string of the molecule is Cc1ccc(C#N)c(N2C3CCC2CC(N)C3)c1. The summed E-state index contributed by atoms with van der Waals surface area (Å²) >= 11 is 0. The first kappa shape index (κ1) is 11.6. The summed E-state index contributed by atoms with van der Waals surface area (Å²) in [5.74, 6) is 0. The van der Waals surface area contributed by atoms with Crippen LogP contribution in [0.1, 0.15) is 36.8 Å². The lowest BCUT2D eigenvalue weighted by Gasteiger charge is -2.40. The van der Waals surface area contributed by atoms with Gasteiger partial charge in [0.05, 0.1) is 11.3 Å². The number of piperidine rings is 1. The molecule has 2 heterocycles. The maximum Gasteiger partial charge on any atom is 0.101 e. The Hall–Kier alpha value is -1.53. The average Bonchev–Trinajstić information content (AvgIpc) is 2.61. The summed E-state index contributed by atoms with van der Waals surface area (Å²) in [4.78, 5) is 2.47. The number of hydrogen-bond donors (Lipinski definition) is 1. The van der Waals surface area contributed by atoms with Crippen LogP contribution in [0.2, 0.25) is 0 Å². The Morgan fingerprint density at radius 2 is 1.94 bits per heavy atom. The molecule has 0 aromatic heterocycles. The van der Waals surface area contributed by atoms with E-state index in [0.29, 0.717) is 18.1 Å². The maximum atomic E-state index is 9.28. The number of nitrogens with two attached hydrogens (primary N) is 1. The second kappa shape index (κ2) is 4.29. The highest BCUT2D eigenvalue weighted by atomic mass is 15.2. The predicted octanol–water partition coefficient (Wildman–Crippen LogP) is 2.33. The number of nitriles is 1. The molecule has 0 radical (unpaired) electrons. The monoisotopic (exact) mass is 241 g/mol. The standard InChI is InChI=1S/C15H19N3/c1-10-2-3-11(9-16)15(6-10)18-13-4-5-14(18)8-12(17)7-13/h2-3,6,12-14H,4-5,7-8,17H2,1H3. The second-order valence-corrected chi connectivity index (χ2v) is 5.66. The molecule has 0 spiro atoms. The Labute approximate surface area is 108 Å². The van der Waals surface area contributed by atoms with Crippen molar-refractivity contribution in [2.75, 3.05) is 4.90 Å². The van der Waals surface area contributed by atoms with E-state index in [4.69, 9.17) is 5.73 Å². The molecule has 1 aromatic rings. The van der Waals surface area contributed by atoms with Crippen molar-refractivity contribution in [1.82, 2.24) is 0 Å². The first-order chi connectivity index (χ1) is 8.69. The van der Waals surface area contributed by atoms with E-state index in [1.54, 1.807) is 0 Å². The van der Waals surface area contributed by atoms with Crippen LogP contribution in [0, 0.1) is 18.3 Å². The van der Waals surface area contributed by atoms with Gasteiger partial charge < -0.3 is 10.6 Å². The van der Waals surface area contributed by atoms with Gasteiger partial charge >= 0.3 is 0 Å². The molecule has 2 N–H and O–H groups in total. The minimum atomic E-state index is 0.342. The van der Waals surface area contributed by atoms with Crippen molar-refractivity contribution in [3.8, 4) is 6.07 Å². The average molecular weight is 241 g/mol. The van der Waals surface area contributed by atoms with Crippen molar-refractivity contribution in [3.63, 3.8) is 0 Å². The Morgan fingerprint density at radius 3 is 2.56 bits per heavy atom. The van der Waals surface area contributed by atoms with E-state index in [1.807, 2.05) is 12.1 Å². The fraction of sp³-hybridized carbons (Fsp3) is 0.533. The van der Waals surface area contributed by atoms with Crippen LogP contribution in [0.25, 0.3) is 0 Å². The zero-order valence-corrected chi connectivity index (χ0v) is 10.8. The van der Waals surface area contributed by atoms with E-state index in [0.717, 1.165) is 24.1 Å². The van der Waals surface area contributed by atoms with Gasteiger partial charge in [-0.1, -0.05) is 6.07 Å². The lowest BCUT2D eigenvalue weighted by atomic mass is 9.96. The Balaban J connectivity index is 2.01. The molecule has 94 valence electrons. The molecule has 0 amide bonds. The normalized spacial score (nSPS) is 30.3. The molecule has 2 bridgehead atoms. The highest BCUT2D eigenvalue weighted by Crippen LogP contribution is 2.40. The molecule has 2 aliphatic rings. The molecule has 3 rings (SSSR count). The van der Waals surface area contributed by atoms with Crippen molar-refractivity contribution in [2.45, 2.75) is 50.7 Å². The van der Waals surface area contributed by atoms with Crippen LogP contribution in [0.3, 0.4) is 0 Å². The number of anilines is 1. The highest BCUT2D eigenvalue weighted by molar-refractivity contribution is 5.63. The van der Waals surface area contributed by atoms with E-state index in [9.17, 15) is 5.26 Å². The van der Waals surface area contributed by atoms with Crippen LogP contribution in [0.5, 0.6) is 0 Å². The smallest absolute Gasteiger partial charge is 0.101 e. The summed E-state index contributed by atoms with van der Waals surface area (Å²) in [7, 11) is 0. The van der Waals surface area contributed by atoms with E-state index in [1.165, 1.54) is 18.4 Å². The summed E-state index contributed by atoms with van der Waals surface area (Å²) in [6, 6.07) is 9.85. The molecule has 1 aromatic carbocycles. The van der Waals surface area contributed by atoms with Crippen LogP contribution >= 0.6 is 0 Å². The maximum absolute atomic E-state index is 9.28. The molecule has 0 saturated carbocycles. The summed E-state index contributed by atoms with van der Waals surface area (Å²) in [5.41, 5.74) is 9.25. The predicted molar refractivity (Wildman–Crippen MR) is 72.4 cm³/mol. The molecule has 2 atom stereocenters. The van der Waals surface area contributed by atoms with Crippen LogP contribution in [-0.2, 0) is 0 Å². The largest absolute Gasteiger partial charge is 0.364 e. The van der Waals surface area contributed by atoms with Crippen molar-refractivity contribution in [1.29, 1.82) is 5.26 Å². The van der Waals surface area contributed by atoms with Crippen molar-refractivity contribution < 1.29 is 0 Å². The molecule has 2 aliphatic heterocycles. The minimum Gasteiger partial charge on any atom is -0.364 e. The van der Waals surface area contributed by atoms with Gasteiger partial charge in [-0.3, -0.25) is 0 Å². The summed E-state index contributed by atoms with van der Waals surface area (Å²) in [5, 5.41) is 9.28. The Morgan fingerprint density at radius 1 is 1.28 bits per heavy atom. The quantitative estimate of drug-likeness (QED) is 0.821. The molecule has 2 fully saturated rings. The third kappa shape index (κ3) is 1.77. The third-order valence-electron chi connectivity index (χ3n) is 4.32. The number of hydrogen-bond acceptors (Lipinski definition) is 3. The number of fused-ring (bicyclic) bond motifs is 2. The topological polar surface area (TPSA) is 53.0 Å². The van der Waals surface area contributed by atoms with Gasteiger partial charge in [0, 0.05) is 18.1 Å². The molecule has 18 heavy (non-hydrogen) atoms. The Bertz CT molecular complexity index is 489. The minimum absolute atomic E-state index is 0.342. The van der Waals surface area contributed by atoms with Crippen LogP contribution in [-0.4, -0.2) is 18.1 Å². The van der Waals surface area contributed by atoms with Gasteiger partial charge in [-0.05, 0) is 50.3 Å². The van der Waals surface area contributed by atoms with Gasteiger partial charge in [-0.25, -0.2) is 0 Å². The lowest BCUT2D eigenvalue weighted by Crippen LogP contribution is -2.47. The molecule has 3 nitrogen and oxygen atoms in total. The van der Waals surface area contributed by atoms with E-state index < -0.39 is 0 Å². The fourth-order valence-electron chi connectivity index (χ4n) is 3.56. The fourth-order valence-corrected chi connectivity index (χ4v) is 3.56. The van der Waals surface area contributed by atoms with Crippen molar-refractivity contribution in [2.24, 2.45) is 5.73 Å². The third-order valence-corrected chi connectivity index (χ3v) is 4.32. The molecular weight excluding hydrogens is 222 g/mol. The molecule has 0 aliphatic carbocycles. The zero-order chi connectivity index (χ0) is 12.7. The number of benzene rings is 1. The molecule has 2 unspecified atom stereocenters. The highest BCUT2D eigenvalue weighted by Gasteiger charge is 2.40. The first-order valence-electron chi connectivity index (χ1n) is 6.73. The lowest BCUT2D eigenvalue weighted by molar-refractivity contribution is 0.414. The first-order valence-corrected chi connectivity index (χ1v) is 6.73. The van der Waals surface area contributed by atoms with Gasteiger partial charge in [-0.15, -0.1) is 0 Å². The van der Waals surface area contributed by atoms with Crippen LogP contribution in [0.15, 0.2) is 18.2 Å². The van der Waals surface area contributed by atoms with Crippen LogP contribution < -0.4 is 10.6 Å². The molecule has 3 heteroatoms. The zero-order valence-electron chi connectivity index (χ0n) is 10.8. The molecular formula is C15H19N3. The van der Waals surface area contributed by atoms with Gasteiger partial charge in [0.1, 0.15) is 6.07 Å². The second-order valence-electron chi connectivity index (χ2n) is 5.66. The summed E-state index contributed by atoms with van der Waals surface area (Å²) in [6.07, 6.45) is 4.57. The van der Waals surface area contributed by atoms with E-state index >= 15 is 0 Å². The number of aryl methyl sites for hydroxylation is 1.